The van der Waals surface area contributed by atoms with Gasteiger partial charge in [0.05, 0.1) is 0 Å². The topological polar surface area (TPSA) is 66.3 Å². The molecule has 6 heavy (non-hydrogen) atoms. The van der Waals surface area contributed by atoms with E-state index < -0.39 is 10.8 Å². The van der Waals surface area contributed by atoms with Gasteiger partial charge in [0.15, 0.2) is 0 Å². The van der Waals surface area contributed by atoms with E-state index >= 15 is 0 Å². The van der Waals surface area contributed by atoms with Crippen molar-refractivity contribution >= 4 is 0 Å². The molecule has 0 radical (unpaired) electrons. The van der Waals surface area contributed by atoms with E-state index in [4.69, 9.17) is 14.0 Å². The van der Waals surface area contributed by atoms with Crippen molar-refractivity contribution in [3.05, 3.63) is 0 Å². The second-order valence-corrected chi connectivity index (χ2v) is 0.603. The second kappa shape index (κ2) is 9.68. The monoisotopic (exact) mass is 142 g/mol. The van der Waals surface area contributed by atoms with Crippen molar-refractivity contribution in [2.75, 3.05) is 0 Å². The smallest absolute Gasteiger partial charge is 1.00 e. The van der Waals surface area contributed by atoms with Crippen LogP contribution in [0.4, 0.5) is 0 Å². The third-order valence-electron chi connectivity index (χ3n) is 0. The largest absolute Gasteiger partial charge is 1.00 e. The first-order chi connectivity index (χ1) is 1.73. The summed E-state index contributed by atoms with van der Waals surface area (Å²) < 4.78 is 24.0. The van der Waals surface area contributed by atoms with Gasteiger partial charge in [0.1, 0.15) is 0 Å². The van der Waals surface area contributed by atoms with Gasteiger partial charge < -0.3 is 21.7 Å². The summed E-state index contributed by atoms with van der Waals surface area (Å²) in [5.41, 5.74) is 0. The molecule has 0 aromatic carbocycles. The Morgan fingerprint density at radius 2 is 1.33 bits per heavy atom. The Morgan fingerprint density at radius 3 is 1.33 bits per heavy atom. The zero-order valence-corrected chi connectivity index (χ0v) is 6.53. The van der Waals surface area contributed by atoms with Gasteiger partial charge in [0, 0.05) is 4.66 Å². The minimum absolute atomic E-state index is 0. The van der Waals surface area contributed by atoms with Crippen LogP contribution in [0.15, 0.2) is 0 Å². The molecule has 0 atom stereocenters. The molecule has 0 rings (SSSR count). The normalized spacial score (nSPS) is 6.00. The summed E-state index contributed by atoms with van der Waals surface area (Å²) >= 11 is 0. The fourth-order valence-electron chi connectivity index (χ4n) is 0. The van der Waals surface area contributed by atoms with Crippen LogP contribution in [0.1, 0.15) is 0 Å². The molecule has 3 nitrogen and oxygen atoms in total. The molecule has 0 unspecified atom stereocenters. The Kier molecular flexibility index (Phi) is 25.3. The van der Waals surface area contributed by atoms with Gasteiger partial charge in [-0.2, -0.15) is 0 Å². The van der Waals surface area contributed by atoms with Crippen LogP contribution in [-0.2, 0) is 0 Å². The quantitative estimate of drug-likeness (QED) is 0.342. The molecule has 0 aromatic rings. The molecule has 6 heteroatoms. The van der Waals surface area contributed by atoms with E-state index in [1.165, 1.54) is 0 Å². The Bertz CT molecular complexity index is 13.5. The average molecular weight is 143 g/mol. The summed E-state index contributed by atoms with van der Waals surface area (Å²) in [6.07, 6.45) is 0. The number of hydrogen-bond donors (Lipinski definition) is 1. The molecule has 0 saturated carbocycles. The molecular weight excluding hydrogens is 142 g/mol. The minimum Gasteiger partial charge on any atom is -1.00 e. The van der Waals surface area contributed by atoms with Gasteiger partial charge in [0.25, 0.3) is 10.8 Å². The van der Waals surface area contributed by atoms with Gasteiger partial charge in [-0.25, -0.2) is 0 Å². The van der Waals surface area contributed by atoms with Crippen molar-refractivity contribution in [1.29, 1.82) is 0 Å². The number of rotatable bonds is 0. The molecule has 0 fully saturated rings. The van der Waals surface area contributed by atoms with Crippen LogP contribution >= 0.6 is 0 Å². The maximum Gasteiger partial charge on any atom is 1.00 e. The SMILES string of the molecule is [Cl-].[Na+].[O-][Cl+2]([O-])O. The van der Waals surface area contributed by atoms with Crippen LogP contribution in [0, 0.1) is 10.8 Å². The minimum atomic E-state index is -2.60. The van der Waals surface area contributed by atoms with Crippen LogP contribution < -0.4 is 51.3 Å². The Morgan fingerprint density at radius 1 is 1.33 bits per heavy atom. The van der Waals surface area contributed by atoms with Gasteiger partial charge in [-0.3, -0.25) is 0 Å². The molecule has 0 amide bonds. The maximum absolute atomic E-state index is 8.52. The molecule has 0 heterocycles. The Balaban J connectivity index is -0.0000000450. The standard InChI is InChI=1S/ClHO3.ClH.Na/c2-1(3)4;;/h2H;1H;/q;;+1/p-1. The summed E-state index contributed by atoms with van der Waals surface area (Å²) in [5.74, 6) is 0. The fourth-order valence-corrected chi connectivity index (χ4v) is 0. The van der Waals surface area contributed by atoms with Gasteiger partial charge in [-0.1, -0.05) is 0 Å². The van der Waals surface area contributed by atoms with Crippen LogP contribution in [0.5, 0.6) is 0 Å². The molecule has 0 bridgehead atoms. The fraction of sp³-hybridized carbons (Fsp3) is 0. The molecular formula is HCl2NaO3. The average Bonchev–Trinajstić information content (AvgIpc) is 0.811. The van der Waals surface area contributed by atoms with Gasteiger partial charge in [-0.05, 0) is 0 Å². The van der Waals surface area contributed by atoms with E-state index in [1.54, 1.807) is 0 Å². The summed E-state index contributed by atoms with van der Waals surface area (Å²) in [6.45, 7) is 0. The van der Waals surface area contributed by atoms with Gasteiger partial charge >= 0.3 is 29.6 Å². The summed E-state index contributed by atoms with van der Waals surface area (Å²) in [4.78, 5) is 0. The number of hydrogen-bond acceptors (Lipinski definition) is 3. The van der Waals surface area contributed by atoms with Crippen LogP contribution in [0.3, 0.4) is 0 Å². The summed E-state index contributed by atoms with van der Waals surface area (Å²) in [7, 11) is -2.60. The first-order valence-corrected chi connectivity index (χ1v) is 1.43. The van der Waals surface area contributed by atoms with Crippen molar-refractivity contribution in [2.24, 2.45) is 0 Å². The van der Waals surface area contributed by atoms with Crippen molar-refractivity contribution in [3.63, 3.8) is 0 Å². The molecule has 1 N–H and O–H groups in total. The van der Waals surface area contributed by atoms with E-state index in [0.29, 0.717) is 0 Å². The molecule has 0 aliphatic rings. The third-order valence-corrected chi connectivity index (χ3v) is 0. The van der Waals surface area contributed by atoms with E-state index in [-0.39, 0.29) is 42.0 Å². The van der Waals surface area contributed by atoms with Crippen LogP contribution in [0.25, 0.3) is 0 Å². The van der Waals surface area contributed by atoms with E-state index in [1.807, 2.05) is 0 Å². The van der Waals surface area contributed by atoms with Gasteiger partial charge in [-0.15, -0.1) is 0 Å². The van der Waals surface area contributed by atoms with Crippen molar-refractivity contribution in [3.8, 4) is 0 Å². The zero-order valence-electron chi connectivity index (χ0n) is 3.02. The molecule has 34 valence electrons. The van der Waals surface area contributed by atoms with Crippen molar-refractivity contribution in [2.45, 2.75) is 0 Å². The molecule has 0 saturated heterocycles. The van der Waals surface area contributed by atoms with E-state index in [0.717, 1.165) is 0 Å². The summed E-state index contributed by atoms with van der Waals surface area (Å²) in [5, 5.41) is 0. The first kappa shape index (κ1) is 15.7. The Hall–Kier alpha value is 1.46. The molecule has 0 aromatic heterocycles. The van der Waals surface area contributed by atoms with E-state index in [9.17, 15) is 0 Å². The maximum atomic E-state index is 8.52. The molecule has 0 aliphatic carbocycles. The number of halogens is 2. The summed E-state index contributed by atoms with van der Waals surface area (Å²) in [6, 6.07) is 0. The predicted octanol–water partition coefficient (Wildman–Crippen LogP) is -8.93. The van der Waals surface area contributed by atoms with Gasteiger partial charge in [0.2, 0.25) is 0 Å². The van der Waals surface area contributed by atoms with Crippen molar-refractivity contribution < 1.29 is 66.7 Å². The molecule has 0 aliphatic heterocycles. The second-order valence-electron chi connectivity index (χ2n) is 0.201. The van der Waals surface area contributed by atoms with Crippen molar-refractivity contribution in [1.82, 2.24) is 0 Å². The van der Waals surface area contributed by atoms with Crippen LogP contribution in [0.2, 0.25) is 0 Å². The van der Waals surface area contributed by atoms with Crippen LogP contribution in [-0.4, -0.2) is 4.66 Å². The third kappa shape index (κ3) is 51.0. The predicted molar refractivity (Wildman–Crippen MR) is 2.22 cm³/mol. The first-order valence-electron chi connectivity index (χ1n) is 0.478. The Labute approximate surface area is 66.5 Å². The molecule has 0 spiro atoms. The zero-order chi connectivity index (χ0) is 3.58. The van der Waals surface area contributed by atoms with E-state index in [2.05, 4.69) is 0 Å².